The van der Waals surface area contributed by atoms with E-state index in [-0.39, 0.29) is 42.1 Å². The van der Waals surface area contributed by atoms with Crippen LogP contribution in [0.5, 0.6) is 0 Å². The van der Waals surface area contributed by atoms with Gasteiger partial charge < -0.3 is 19.8 Å². The number of rotatable bonds is 4. The van der Waals surface area contributed by atoms with E-state index in [2.05, 4.69) is 65.8 Å². The minimum Gasteiger partial charge on any atom is -0.550 e. The third-order valence-electron chi connectivity index (χ3n) is 14.1. The molecule has 6 aliphatic rings. The van der Waals surface area contributed by atoms with Crippen molar-refractivity contribution < 1.29 is 39.3 Å². The Morgan fingerprint density at radius 2 is 1.02 bits per heavy atom. The molecule has 0 radical (unpaired) electrons. The molecule has 2 saturated carbocycles. The van der Waals surface area contributed by atoms with Crippen molar-refractivity contribution in [3.05, 3.63) is 46.6 Å². The van der Waals surface area contributed by atoms with E-state index in [1.54, 1.807) is 11.1 Å². The van der Waals surface area contributed by atoms with Crippen molar-refractivity contribution in [2.45, 2.75) is 132 Å². The van der Waals surface area contributed by atoms with Crippen molar-refractivity contribution in [3.8, 4) is 0 Å². The average Bonchev–Trinajstić information content (AvgIpc) is 2.96. The molecule has 0 spiro atoms. The Hall–Kier alpha value is -1.48. The van der Waals surface area contributed by atoms with E-state index in [0.29, 0.717) is 23.7 Å². The molecule has 0 aromatic rings. The van der Waals surface area contributed by atoms with Crippen molar-refractivity contribution in [1.29, 1.82) is 0 Å². The molecule has 0 amide bonds. The Morgan fingerprint density at radius 1 is 0.667 bits per heavy atom. The normalized spacial score (nSPS) is 40.4. The smallest absolute Gasteiger partial charge is 0.550 e. The summed E-state index contributed by atoms with van der Waals surface area (Å²) in [4.78, 5) is 23.7. The van der Waals surface area contributed by atoms with Crippen molar-refractivity contribution in [2.75, 3.05) is 0 Å². The van der Waals surface area contributed by atoms with Crippen LogP contribution in [-0.4, -0.2) is 11.9 Å². The van der Waals surface area contributed by atoms with Crippen LogP contribution in [0.3, 0.4) is 0 Å². The zero-order valence-electron chi connectivity index (χ0n) is 29.6. The van der Waals surface area contributed by atoms with Crippen molar-refractivity contribution in [2.24, 2.45) is 57.2 Å². The van der Waals surface area contributed by atoms with Gasteiger partial charge in [0.1, 0.15) is 0 Å². The fourth-order valence-corrected chi connectivity index (χ4v) is 11.2. The van der Waals surface area contributed by atoms with Gasteiger partial charge in [0.05, 0.1) is 0 Å². The average molecular weight is 668 g/mol. The van der Waals surface area contributed by atoms with Crippen LogP contribution in [0, 0.1) is 57.2 Å². The summed E-state index contributed by atoms with van der Waals surface area (Å²) in [6, 6.07) is 0. The van der Waals surface area contributed by atoms with E-state index in [9.17, 15) is 19.8 Å². The quantitative estimate of drug-likeness (QED) is 0.287. The second kappa shape index (κ2) is 13.2. The number of allylic oxidation sites excluding steroid dienone is 8. The minimum absolute atomic E-state index is 0. The maximum atomic E-state index is 11.8. The van der Waals surface area contributed by atoms with Gasteiger partial charge in [-0.3, -0.25) is 0 Å². The molecule has 0 heterocycles. The molecule has 0 aromatic heterocycles. The molecule has 2 fully saturated rings. The number of fused-ring (bicyclic) bond motifs is 6. The Labute approximate surface area is 286 Å². The van der Waals surface area contributed by atoms with Gasteiger partial charge in [0.2, 0.25) is 0 Å². The molecule has 244 valence electrons. The summed E-state index contributed by atoms with van der Waals surface area (Å²) in [6.07, 6.45) is 21.9. The van der Waals surface area contributed by atoms with Crippen molar-refractivity contribution in [3.63, 3.8) is 0 Å². The number of aliphatic carboxylic acids is 2. The Balaban J connectivity index is 0.000000200. The molecule has 2 unspecified atom stereocenters. The molecule has 45 heavy (non-hydrogen) atoms. The third-order valence-corrected chi connectivity index (χ3v) is 14.1. The zero-order valence-corrected chi connectivity index (χ0v) is 32.6. The molecule has 0 N–H and O–H groups in total. The standard InChI is InChI=1S/2C20H30O2.Zn/c2*1-13(2)14-6-8-16-15(12-14)7-9-17-19(16,3)10-5-11-20(17,4)18(21)22;/h2*7,12-13,16-17H,5-6,8-11H2,1-4H3,(H,21,22);/q;;+2/p-2/t2*16-,17?,19-,20+;/m11./s1. The monoisotopic (exact) mass is 666 g/mol. The maximum Gasteiger partial charge on any atom is 2.00 e. The van der Waals surface area contributed by atoms with E-state index >= 15 is 0 Å². The molecule has 6 rings (SSSR count). The number of hydrogen-bond acceptors (Lipinski definition) is 4. The van der Waals surface area contributed by atoms with Crippen LogP contribution in [0.15, 0.2) is 46.6 Å². The summed E-state index contributed by atoms with van der Waals surface area (Å²) in [7, 11) is 0. The van der Waals surface area contributed by atoms with Gasteiger partial charge in [-0.1, -0.05) is 104 Å². The summed E-state index contributed by atoms with van der Waals surface area (Å²) in [6.45, 7) is 17.7. The van der Waals surface area contributed by atoms with Gasteiger partial charge in [-0.15, -0.1) is 0 Å². The van der Waals surface area contributed by atoms with Gasteiger partial charge in [-0.2, -0.15) is 0 Å². The molecule has 4 nitrogen and oxygen atoms in total. The molecule has 0 bridgehead atoms. The Morgan fingerprint density at radius 3 is 1.33 bits per heavy atom. The predicted octanol–water partition coefficient (Wildman–Crippen LogP) is 7.74. The third kappa shape index (κ3) is 6.15. The Kier molecular flexibility index (Phi) is 10.7. The summed E-state index contributed by atoms with van der Waals surface area (Å²) < 4.78 is 0. The SMILES string of the molecule is CC(C)C1=CC2=CCC3[C@](C)(CCC[C@]3(C)C(=O)[O-])[C@@H]2CC1.CC(C)C1=CC2=CCC3[C@](C)(CCC[C@]3(C)C(=O)[O-])[C@@H]2CC1.[Zn+2]. The summed E-state index contributed by atoms with van der Waals surface area (Å²) in [5.74, 6) is 1.08. The predicted molar refractivity (Wildman–Crippen MR) is 174 cm³/mol. The van der Waals surface area contributed by atoms with E-state index in [0.717, 1.165) is 51.4 Å². The van der Waals surface area contributed by atoms with Crippen LogP contribution < -0.4 is 10.2 Å². The van der Waals surface area contributed by atoms with E-state index in [4.69, 9.17) is 0 Å². The zero-order chi connectivity index (χ0) is 32.2. The van der Waals surface area contributed by atoms with Gasteiger partial charge in [0.15, 0.2) is 0 Å². The number of hydrogen-bond donors (Lipinski definition) is 0. The minimum atomic E-state index is -0.838. The van der Waals surface area contributed by atoms with Gasteiger partial charge in [-0.05, 0) is 122 Å². The van der Waals surface area contributed by atoms with Gasteiger partial charge in [0.25, 0.3) is 0 Å². The first-order valence-corrected chi connectivity index (χ1v) is 17.8. The molecular weight excluding hydrogens is 610 g/mol. The van der Waals surface area contributed by atoms with Crippen LogP contribution in [0.25, 0.3) is 0 Å². The molecule has 0 saturated heterocycles. The van der Waals surface area contributed by atoms with Crippen molar-refractivity contribution in [1.82, 2.24) is 0 Å². The second-order valence-electron chi connectivity index (χ2n) is 17.0. The van der Waals surface area contributed by atoms with Crippen LogP contribution in [0.2, 0.25) is 0 Å². The molecule has 0 aromatic carbocycles. The van der Waals surface area contributed by atoms with Gasteiger partial charge in [-0.25, -0.2) is 0 Å². The van der Waals surface area contributed by atoms with Crippen LogP contribution in [0.1, 0.15) is 132 Å². The van der Waals surface area contributed by atoms with Crippen LogP contribution in [0.4, 0.5) is 0 Å². The van der Waals surface area contributed by atoms with Crippen LogP contribution in [-0.2, 0) is 29.1 Å². The largest absolute Gasteiger partial charge is 2.00 e. The van der Waals surface area contributed by atoms with E-state index < -0.39 is 22.8 Å². The summed E-state index contributed by atoms with van der Waals surface area (Å²) in [5, 5.41) is 23.7. The van der Waals surface area contributed by atoms with Gasteiger partial charge >= 0.3 is 19.5 Å². The summed E-state index contributed by atoms with van der Waals surface area (Å²) >= 11 is 0. The molecule has 6 aliphatic carbocycles. The molecule has 5 heteroatoms. The molecule has 8 atom stereocenters. The summed E-state index contributed by atoms with van der Waals surface area (Å²) in [5.41, 5.74) is 5.01. The first kappa shape index (κ1) is 36.4. The van der Waals surface area contributed by atoms with Gasteiger partial charge in [0, 0.05) is 22.8 Å². The number of carbonyl (C=O) groups is 2. The van der Waals surface area contributed by atoms with E-state index in [1.807, 2.05) is 13.8 Å². The fourth-order valence-electron chi connectivity index (χ4n) is 11.2. The fraction of sp³-hybridized carbons (Fsp3) is 0.750. The number of carboxylic acids is 2. The first-order chi connectivity index (χ1) is 20.6. The van der Waals surface area contributed by atoms with E-state index in [1.165, 1.54) is 36.8 Å². The molecular formula is C40H58O4Zn. The number of carbonyl (C=O) groups excluding carboxylic acids is 2. The van der Waals surface area contributed by atoms with Crippen LogP contribution >= 0.6 is 0 Å². The second-order valence-corrected chi connectivity index (χ2v) is 17.0. The molecule has 0 aliphatic heterocycles. The Bertz CT molecular complexity index is 1190. The first-order valence-electron chi connectivity index (χ1n) is 17.8. The number of carboxylic acid groups (broad SMARTS) is 2. The van der Waals surface area contributed by atoms with Crippen molar-refractivity contribution >= 4 is 11.9 Å². The maximum absolute atomic E-state index is 11.8. The topological polar surface area (TPSA) is 80.3 Å².